The van der Waals surface area contributed by atoms with Crippen molar-refractivity contribution in [3.05, 3.63) is 320 Å². The second-order valence-corrected chi connectivity index (χ2v) is 31.0. The predicted octanol–water partition coefficient (Wildman–Crippen LogP) is 19.9. The molecule has 3 aromatic heterocycles. The minimum atomic E-state index is -6.21. The van der Waals surface area contributed by atoms with Gasteiger partial charge in [-0.3, -0.25) is 13.7 Å². The van der Waals surface area contributed by atoms with Crippen LogP contribution in [0.4, 0.5) is 0 Å². The Labute approximate surface area is 591 Å². The van der Waals surface area contributed by atoms with Gasteiger partial charge in [0.1, 0.15) is 17.3 Å². The van der Waals surface area contributed by atoms with Gasteiger partial charge in [-0.1, -0.05) is 292 Å². The number of nitrogens with zero attached hydrogens (tertiary/aromatic N) is 4. The van der Waals surface area contributed by atoms with Crippen LogP contribution in [0.5, 0.6) is 11.5 Å². The fourth-order valence-corrected chi connectivity index (χ4v) is 17.1. The third-order valence-electron chi connectivity index (χ3n) is 18.4. The summed E-state index contributed by atoms with van der Waals surface area (Å²) < 4.78 is 195. The predicted molar refractivity (Wildman–Crippen MR) is 403 cm³/mol. The minimum Gasteiger partial charge on any atom is -0.458 e. The molecule has 1 aliphatic heterocycles. The first kappa shape index (κ1) is 42.4. The summed E-state index contributed by atoms with van der Waals surface area (Å²) in [5.41, 5.74) is 12.4. The van der Waals surface area contributed by atoms with Crippen molar-refractivity contribution in [2.75, 3.05) is 0 Å². The molecule has 466 valence electrons. The molecule has 1 aliphatic rings. The number of ether oxygens (including phenoxy) is 1. The number of benzene rings is 12. The number of hydrogen-bond donors (Lipinski definition) is 0. The lowest BCUT2D eigenvalue weighted by Crippen LogP contribution is -2.74. The van der Waals surface area contributed by atoms with Crippen LogP contribution in [-0.2, 0) is 16.2 Å². The normalized spacial score (nSPS) is 15.2. The van der Waals surface area contributed by atoms with Crippen molar-refractivity contribution in [3.8, 4) is 84.3 Å². The number of hydrogen-bond acceptors (Lipinski definition) is 2. The Kier molecular flexibility index (Phi) is 10.3. The van der Waals surface area contributed by atoms with Gasteiger partial charge < -0.3 is 4.74 Å². The summed E-state index contributed by atoms with van der Waals surface area (Å²) in [5.74, 6) is 1.89. The lowest BCUT2D eigenvalue weighted by Gasteiger charge is -2.34. The molecule has 0 fully saturated rings. The van der Waals surface area contributed by atoms with Gasteiger partial charge in [0.25, 0.3) is 6.33 Å². The van der Waals surface area contributed by atoms with Crippen molar-refractivity contribution in [3.63, 3.8) is 0 Å². The van der Waals surface area contributed by atoms with Crippen LogP contribution >= 0.6 is 0 Å². The molecule has 0 bridgehead atoms. The van der Waals surface area contributed by atoms with Gasteiger partial charge >= 0.3 is 0 Å². The maximum atomic E-state index is 10.9. The fraction of sp³-hybridized carbons (Fsp3) is 0.133. The summed E-state index contributed by atoms with van der Waals surface area (Å²) in [5, 5.41) is -1.56. The van der Waals surface area contributed by atoms with E-state index in [2.05, 4.69) is 138 Å². The van der Waals surface area contributed by atoms with Gasteiger partial charge in [-0.2, -0.15) is 0 Å². The van der Waals surface area contributed by atoms with Crippen LogP contribution in [-0.4, -0.2) is 22.2 Å². The van der Waals surface area contributed by atoms with Crippen molar-refractivity contribution in [2.24, 2.45) is 0 Å². The number of pyridine rings is 1. The van der Waals surface area contributed by atoms with Crippen molar-refractivity contribution in [1.82, 2.24) is 14.1 Å². The van der Waals surface area contributed by atoms with Gasteiger partial charge in [0, 0.05) is 23.0 Å². The molecule has 0 unspecified atom stereocenters. The molecule has 6 heteroatoms. The summed E-state index contributed by atoms with van der Waals surface area (Å²) in [6, 6.07) is 38.8. The van der Waals surface area contributed by atoms with E-state index in [4.69, 9.17) is 13.8 Å². The standard InChI is InChI=1S/C90H76N4OSi/c1-88(2,3)63-49-50-91-85(56-63)94-82-43-22-21-39-77(82)78-48-46-68(58-84(78)94)95-67-29-24-28-66(57-67)92-59-93-86-73(62-51-64(89(4,5)6)55-65(52-62)90(7,8)9)40-25-41-80(86)81-54-61(45-47-76(81)74-37-19-20-38-75(74)79-42-26-44-83(92)87(79)93)60-27-23-36-72(53-60)96(69-30-13-10-14-31-69,70-32-15-11-16-33-70)71-34-17-12-18-35-71/h10-58H,1-9H3/i10D,11D,12D,13D,14D,15D,16D,17D,18D,23D,27D,30D,31D,32D,33D,34D,35D,36D,53D. The summed E-state index contributed by atoms with van der Waals surface area (Å²) >= 11 is 0. The molecule has 0 amide bonds. The Hall–Kier alpha value is -10.9. The molecule has 0 saturated heterocycles. The first-order valence-electron chi connectivity index (χ1n) is 41.5. The van der Waals surface area contributed by atoms with Crippen LogP contribution in [0.3, 0.4) is 0 Å². The molecule has 0 aliphatic carbocycles. The fourth-order valence-electron chi connectivity index (χ4n) is 13.5. The number of fused-ring (bicyclic) bond motifs is 10. The molecule has 16 rings (SSSR count). The highest BCUT2D eigenvalue weighted by Crippen LogP contribution is 2.48. The molecule has 5 nitrogen and oxygen atoms in total. The lowest BCUT2D eigenvalue weighted by molar-refractivity contribution is -0.570. The number of rotatable bonds is 10. The molecular formula is C90H76N4OSi. The average molecular weight is 1280 g/mol. The van der Waals surface area contributed by atoms with E-state index in [-0.39, 0.29) is 21.8 Å². The maximum Gasteiger partial charge on any atom is 0.269 e. The van der Waals surface area contributed by atoms with Crippen molar-refractivity contribution < 1.29 is 35.3 Å². The molecule has 96 heavy (non-hydrogen) atoms. The zero-order valence-corrected chi connectivity index (χ0v) is 55.5. The lowest BCUT2D eigenvalue weighted by atomic mass is 9.78. The van der Waals surface area contributed by atoms with Crippen LogP contribution < -0.4 is 30.1 Å². The van der Waals surface area contributed by atoms with Gasteiger partial charge in [-0.15, -0.1) is 0 Å². The second-order valence-electron chi connectivity index (χ2n) is 27.5. The molecular weight excluding hydrogens is 1180 g/mol. The number of para-hydroxylation sites is 3. The van der Waals surface area contributed by atoms with Crippen molar-refractivity contribution >= 4 is 61.7 Å². The number of imidazole rings is 1. The van der Waals surface area contributed by atoms with Gasteiger partial charge in [0.05, 0.1) is 59.5 Å². The summed E-state index contributed by atoms with van der Waals surface area (Å²) in [6.07, 6.45) is 5.76. The molecule has 0 atom stereocenters. The van der Waals surface area contributed by atoms with Gasteiger partial charge in [0.2, 0.25) is 0 Å². The van der Waals surface area contributed by atoms with E-state index in [1.165, 1.54) is 0 Å². The highest BCUT2D eigenvalue weighted by molar-refractivity contribution is 7.20. The van der Waals surface area contributed by atoms with E-state index in [0.717, 1.165) is 83.2 Å². The Morgan fingerprint density at radius 1 is 0.406 bits per heavy atom. The van der Waals surface area contributed by atoms with E-state index in [1.54, 1.807) is 12.1 Å². The van der Waals surface area contributed by atoms with Crippen LogP contribution in [0, 0.1) is 6.33 Å². The van der Waals surface area contributed by atoms with Gasteiger partial charge in [-0.25, -0.2) is 4.98 Å². The van der Waals surface area contributed by atoms with Gasteiger partial charge in [0.15, 0.2) is 8.07 Å². The Morgan fingerprint density at radius 2 is 0.969 bits per heavy atom. The summed E-state index contributed by atoms with van der Waals surface area (Å²) in [4.78, 5) is 4.92. The van der Waals surface area contributed by atoms with Gasteiger partial charge in [-0.05, 0) is 164 Å². The monoisotopic (exact) mass is 1280 g/mol. The first-order valence-corrected chi connectivity index (χ1v) is 34.0. The molecule has 0 saturated carbocycles. The molecule has 0 N–H and O–H groups in total. The Bertz CT molecular complexity index is 6440. The quantitative estimate of drug-likeness (QED) is 0.0592. The minimum absolute atomic E-state index is 0.0328. The Morgan fingerprint density at radius 3 is 1.66 bits per heavy atom. The molecule has 4 heterocycles. The summed E-state index contributed by atoms with van der Waals surface area (Å²) in [7, 11) is -6.21. The second kappa shape index (κ2) is 23.2. The highest BCUT2D eigenvalue weighted by atomic mass is 28.3. The SMILES string of the molecule is [2H]c1c([2H])c([2H])c([Si](c2c([2H])c([2H])c([2H])c([2H])c2[2H])(c2c([2H])c([2H])c([2H])c([2H])c2[2H])c2c([2H])c([2H])c([2H])c(-c3ccc4c(c3)-c3cccc(-c5cc(C(C)(C)C)cc(C(C)(C)C)c5)c3-[n+]3[c-]n(-c5cccc(Oc6ccc7c8ccccc8n(-c8cc(C(C)(C)C)ccn8)c7c6)c5)c5cccc(c53)-c3ccccc3-4)c2[2H])c([2H])c1[2H]. The van der Waals surface area contributed by atoms with E-state index in [0.29, 0.717) is 39.6 Å². The molecule has 12 aromatic carbocycles. The van der Waals surface area contributed by atoms with E-state index in [1.807, 2.05) is 114 Å². The third kappa shape index (κ3) is 10.3. The zero-order chi connectivity index (χ0) is 82.2. The third-order valence-corrected chi connectivity index (χ3v) is 22.4. The number of aromatic nitrogens is 4. The zero-order valence-electron chi connectivity index (χ0n) is 73.5. The molecule has 0 radical (unpaired) electrons. The van der Waals surface area contributed by atoms with Crippen molar-refractivity contribution in [1.29, 1.82) is 0 Å². The van der Waals surface area contributed by atoms with Crippen LogP contribution in [0.15, 0.2) is 297 Å². The largest absolute Gasteiger partial charge is 0.458 e. The van der Waals surface area contributed by atoms with E-state index in [9.17, 15) is 21.9 Å². The summed E-state index contributed by atoms with van der Waals surface area (Å²) in [6.45, 7) is 19.6. The van der Waals surface area contributed by atoms with E-state index >= 15 is 0 Å². The first-order chi connectivity index (χ1) is 54.4. The van der Waals surface area contributed by atoms with E-state index < -0.39 is 149 Å². The van der Waals surface area contributed by atoms with Crippen LogP contribution in [0.1, 0.15) is 105 Å². The Balaban J connectivity index is 0.984. The van der Waals surface area contributed by atoms with Crippen LogP contribution in [0.2, 0.25) is 0 Å². The smallest absolute Gasteiger partial charge is 0.269 e. The average Bonchev–Trinajstić information content (AvgIpc) is 1.33. The van der Waals surface area contributed by atoms with Crippen molar-refractivity contribution in [2.45, 2.75) is 78.6 Å². The molecule has 15 aromatic rings. The highest BCUT2D eigenvalue weighted by Gasteiger charge is 2.42. The van der Waals surface area contributed by atoms with Crippen LogP contribution in [0.25, 0.3) is 106 Å². The molecule has 0 spiro atoms. The maximum absolute atomic E-state index is 10.9. The topological polar surface area (TPSA) is 35.9 Å².